The molecule has 3 nitrogen and oxygen atoms in total. The van der Waals surface area contributed by atoms with Gasteiger partial charge in [-0.3, -0.25) is 4.79 Å². The number of nitrogens with zero attached hydrogens (tertiary/aromatic N) is 1. The van der Waals surface area contributed by atoms with E-state index >= 15 is 0 Å². The SMILES string of the molecule is CCc1ccc(CCC(=O)N2CCOC2)cc1. The molecule has 1 aromatic carbocycles. The minimum absolute atomic E-state index is 0.196. The van der Waals surface area contributed by atoms with E-state index in [9.17, 15) is 4.79 Å². The van der Waals surface area contributed by atoms with Gasteiger partial charge >= 0.3 is 0 Å². The maximum atomic E-state index is 11.8. The predicted molar refractivity (Wildman–Crippen MR) is 66.7 cm³/mol. The second-order valence-electron chi connectivity index (χ2n) is 4.36. The lowest BCUT2D eigenvalue weighted by molar-refractivity contribution is -0.131. The molecule has 3 heteroatoms. The van der Waals surface area contributed by atoms with Crippen molar-refractivity contribution in [1.82, 2.24) is 4.90 Å². The molecule has 0 spiro atoms. The van der Waals surface area contributed by atoms with Crippen LogP contribution < -0.4 is 0 Å². The summed E-state index contributed by atoms with van der Waals surface area (Å²) in [5.74, 6) is 0.196. The monoisotopic (exact) mass is 233 g/mol. The molecule has 0 aromatic heterocycles. The van der Waals surface area contributed by atoms with Crippen molar-refractivity contribution in [3.8, 4) is 0 Å². The van der Waals surface area contributed by atoms with Crippen LogP contribution in [0.3, 0.4) is 0 Å². The largest absolute Gasteiger partial charge is 0.359 e. The fourth-order valence-corrected chi connectivity index (χ4v) is 1.96. The molecule has 1 saturated heterocycles. The summed E-state index contributed by atoms with van der Waals surface area (Å²) in [6.45, 7) is 4.03. The number of carbonyl (C=O) groups excluding carboxylic acids is 1. The van der Waals surface area contributed by atoms with Crippen molar-refractivity contribution < 1.29 is 9.53 Å². The number of benzene rings is 1. The number of rotatable bonds is 4. The maximum Gasteiger partial charge on any atom is 0.224 e. The van der Waals surface area contributed by atoms with Crippen molar-refractivity contribution in [2.45, 2.75) is 26.2 Å². The van der Waals surface area contributed by atoms with Crippen molar-refractivity contribution in [2.75, 3.05) is 19.9 Å². The molecule has 0 radical (unpaired) electrons. The van der Waals surface area contributed by atoms with Gasteiger partial charge in [0.1, 0.15) is 6.73 Å². The van der Waals surface area contributed by atoms with Gasteiger partial charge in [0.05, 0.1) is 6.61 Å². The predicted octanol–water partition coefficient (Wildman–Crippen LogP) is 2.00. The fourth-order valence-electron chi connectivity index (χ4n) is 1.96. The number of ether oxygens (including phenoxy) is 1. The highest BCUT2D eigenvalue weighted by Crippen LogP contribution is 2.09. The third-order valence-electron chi connectivity index (χ3n) is 3.16. The van der Waals surface area contributed by atoms with Crippen LogP contribution in [0.4, 0.5) is 0 Å². The summed E-state index contributed by atoms with van der Waals surface area (Å²) in [5.41, 5.74) is 2.57. The quantitative estimate of drug-likeness (QED) is 0.796. The summed E-state index contributed by atoms with van der Waals surface area (Å²) in [5, 5.41) is 0. The molecular weight excluding hydrogens is 214 g/mol. The molecule has 2 rings (SSSR count). The first-order valence-corrected chi connectivity index (χ1v) is 6.23. The molecule has 1 aliphatic heterocycles. The van der Waals surface area contributed by atoms with E-state index in [1.54, 1.807) is 4.90 Å². The number of carbonyl (C=O) groups is 1. The Morgan fingerprint density at radius 3 is 2.59 bits per heavy atom. The van der Waals surface area contributed by atoms with E-state index in [1.165, 1.54) is 11.1 Å². The zero-order valence-electron chi connectivity index (χ0n) is 10.3. The third-order valence-corrected chi connectivity index (χ3v) is 3.16. The Kier molecular flexibility index (Phi) is 4.15. The van der Waals surface area contributed by atoms with Gasteiger partial charge in [0, 0.05) is 13.0 Å². The normalized spacial score (nSPS) is 15.2. The Hall–Kier alpha value is -1.35. The number of amides is 1. The lowest BCUT2D eigenvalue weighted by Crippen LogP contribution is -2.28. The molecule has 1 aliphatic rings. The van der Waals surface area contributed by atoms with Crippen LogP contribution in [0.5, 0.6) is 0 Å². The highest BCUT2D eigenvalue weighted by atomic mass is 16.5. The second-order valence-corrected chi connectivity index (χ2v) is 4.36. The fraction of sp³-hybridized carbons (Fsp3) is 0.500. The van der Waals surface area contributed by atoms with Gasteiger partial charge in [-0.1, -0.05) is 31.2 Å². The summed E-state index contributed by atoms with van der Waals surface area (Å²) in [4.78, 5) is 13.6. The topological polar surface area (TPSA) is 29.5 Å². The minimum Gasteiger partial charge on any atom is -0.359 e. The summed E-state index contributed by atoms with van der Waals surface area (Å²) in [7, 11) is 0. The van der Waals surface area contributed by atoms with Crippen molar-refractivity contribution in [1.29, 1.82) is 0 Å². The van der Waals surface area contributed by atoms with Gasteiger partial charge in [-0.15, -0.1) is 0 Å². The molecule has 0 atom stereocenters. The van der Waals surface area contributed by atoms with Crippen LogP contribution >= 0.6 is 0 Å². The number of hydrogen-bond acceptors (Lipinski definition) is 2. The molecule has 17 heavy (non-hydrogen) atoms. The van der Waals surface area contributed by atoms with Crippen molar-refractivity contribution in [3.05, 3.63) is 35.4 Å². The zero-order valence-corrected chi connectivity index (χ0v) is 10.3. The van der Waals surface area contributed by atoms with Crippen LogP contribution in [0.2, 0.25) is 0 Å². The first-order valence-electron chi connectivity index (χ1n) is 6.23. The zero-order chi connectivity index (χ0) is 12.1. The highest BCUT2D eigenvalue weighted by Gasteiger charge is 2.17. The smallest absolute Gasteiger partial charge is 0.224 e. The van der Waals surface area contributed by atoms with Gasteiger partial charge in [-0.05, 0) is 24.0 Å². The highest BCUT2D eigenvalue weighted by molar-refractivity contribution is 5.76. The molecule has 92 valence electrons. The number of aryl methyl sites for hydroxylation is 2. The van der Waals surface area contributed by atoms with Crippen LogP contribution in [0, 0.1) is 0 Å². The lowest BCUT2D eigenvalue weighted by atomic mass is 10.1. The standard InChI is InChI=1S/C14H19NO2/c1-2-12-3-5-13(6-4-12)7-8-14(16)15-9-10-17-11-15/h3-6H,2,7-11H2,1H3. The average Bonchev–Trinajstić information content (AvgIpc) is 2.90. The van der Waals surface area contributed by atoms with Crippen LogP contribution in [-0.2, 0) is 22.4 Å². The average molecular weight is 233 g/mol. The second kappa shape index (κ2) is 5.82. The van der Waals surface area contributed by atoms with E-state index in [0.29, 0.717) is 19.8 Å². The first kappa shape index (κ1) is 12.1. The lowest BCUT2D eigenvalue weighted by Gasteiger charge is -2.13. The summed E-state index contributed by atoms with van der Waals surface area (Å²) in [6.07, 6.45) is 2.46. The van der Waals surface area contributed by atoms with Gasteiger partial charge in [0.15, 0.2) is 0 Å². The van der Waals surface area contributed by atoms with Crippen LogP contribution in [0.1, 0.15) is 24.5 Å². The van der Waals surface area contributed by atoms with Gasteiger partial charge in [0.2, 0.25) is 5.91 Å². The molecule has 0 saturated carbocycles. The molecule has 0 N–H and O–H groups in total. The van der Waals surface area contributed by atoms with E-state index in [0.717, 1.165) is 19.4 Å². The van der Waals surface area contributed by atoms with Crippen molar-refractivity contribution >= 4 is 5.91 Å². The number of hydrogen-bond donors (Lipinski definition) is 0. The molecule has 1 heterocycles. The molecule has 0 bridgehead atoms. The third kappa shape index (κ3) is 3.30. The maximum absolute atomic E-state index is 11.8. The Labute approximate surface area is 102 Å². The molecule has 1 amide bonds. The van der Waals surface area contributed by atoms with E-state index in [1.807, 2.05) is 0 Å². The molecule has 1 aromatic rings. The minimum atomic E-state index is 0.196. The van der Waals surface area contributed by atoms with Crippen molar-refractivity contribution in [3.63, 3.8) is 0 Å². The summed E-state index contributed by atoms with van der Waals surface area (Å²) < 4.78 is 5.17. The Balaban J connectivity index is 1.82. The van der Waals surface area contributed by atoms with E-state index in [-0.39, 0.29) is 5.91 Å². The van der Waals surface area contributed by atoms with Gasteiger partial charge in [0.25, 0.3) is 0 Å². The van der Waals surface area contributed by atoms with Gasteiger partial charge < -0.3 is 9.64 Å². The van der Waals surface area contributed by atoms with E-state index in [2.05, 4.69) is 31.2 Å². The molecular formula is C14H19NO2. The van der Waals surface area contributed by atoms with Gasteiger partial charge in [-0.2, -0.15) is 0 Å². The van der Waals surface area contributed by atoms with Crippen LogP contribution in [-0.4, -0.2) is 30.7 Å². The van der Waals surface area contributed by atoms with Crippen molar-refractivity contribution in [2.24, 2.45) is 0 Å². The van der Waals surface area contributed by atoms with E-state index < -0.39 is 0 Å². The Morgan fingerprint density at radius 2 is 2.00 bits per heavy atom. The molecule has 0 aliphatic carbocycles. The van der Waals surface area contributed by atoms with Crippen LogP contribution in [0.15, 0.2) is 24.3 Å². The molecule has 0 unspecified atom stereocenters. The molecule has 1 fully saturated rings. The van der Waals surface area contributed by atoms with Gasteiger partial charge in [-0.25, -0.2) is 0 Å². The Morgan fingerprint density at radius 1 is 1.29 bits per heavy atom. The summed E-state index contributed by atoms with van der Waals surface area (Å²) >= 11 is 0. The van der Waals surface area contributed by atoms with Crippen LogP contribution in [0.25, 0.3) is 0 Å². The van der Waals surface area contributed by atoms with E-state index in [4.69, 9.17) is 4.74 Å². The summed E-state index contributed by atoms with van der Waals surface area (Å²) in [6, 6.07) is 8.51. The Bertz CT molecular complexity index is 366. The first-order chi connectivity index (χ1) is 8.29.